The molecule has 4 aliphatic rings. The number of benzene rings is 1. The van der Waals surface area contributed by atoms with E-state index < -0.39 is 0 Å². The number of halogens is 1. The van der Waals surface area contributed by atoms with E-state index in [-0.39, 0.29) is 30.7 Å². The van der Waals surface area contributed by atoms with E-state index in [9.17, 15) is 9.59 Å². The van der Waals surface area contributed by atoms with Crippen molar-refractivity contribution in [3.05, 3.63) is 28.8 Å². The summed E-state index contributed by atoms with van der Waals surface area (Å²) in [5, 5.41) is 3.75. The van der Waals surface area contributed by atoms with Crippen LogP contribution in [0.5, 0.6) is 0 Å². The maximum atomic E-state index is 12.9. The molecule has 0 aliphatic carbocycles. The van der Waals surface area contributed by atoms with Crippen LogP contribution >= 0.6 is 11.6 Å². The molecule has 156 valence electrons. The van der Waals surface area contributed by atoms with Gasteiger partial charge in [-0.1, -0.05) is 24.6 Å². The molecule has 0 radical (unpaired) electrons. The minimum Gasteiger partial charge on any atom is -0.370 e. The summed E-state index contributed by atoms with van der Waals surface area (Å²) in [4.78, 5) is 30.5. The molecular formula is C21H27ClN4O3. The van der Waals surface area contributed by atoms with Crippen molar-refractivity contribution in [1.82, 2.24) is 15.1 Å². The van der Waals surface area contributed by atoms with Crippen LogP contribution in [0, 0.1) is 5.92 Å². The highest BCUT2D eigenvalue weighted by atomic mass is 35.5. The summed E-state index contributed by atoms with van der Waals surface area (Å²) < 4.78 is 5.57. The van der Waals surface area contributed by atoms with Gasteiger partial charge in [0.1, 0.15) is 6.61 Å². The molecule has 4 saturated heterocycles. The third-order valence-electron chi connectivity index (χ3n) is 6.59. The quantitative estimate of drug-likeness (QED) is 0.796. The van der Waals surface area contributed by atoms with Gasteiger partial charge in [-0.25, -0.2) is 4.79 Å². The highest BCUT2D eigenvalue weighted by molar-refractivity contribution is 6.33. The Bertz CT molecular complexity index is 822. The molecular weight excluding hydrogens is 392 g/mol. The molecule has 8 heteroatoms. The fraction of sp³-hybridized carbons (Fsp3) is 0.619. The Balaban J connectivity index is 1.16. The average Bonchev–Trinajstić information content (AvgIpc) is 2.64. The molecule has 1 N–H and O–H groups in total. The van der Waals surface area contributed by atoms with E-state index in [1.54, 1.807) is 0 Å². The van der Waals surface area contributed by atoms with Crippen LogP contribution in [0.25, 0.3) is 0 Å². The number of hydrogen-bond donors (Lipinski definition) is 1. The number of carbonyl (C=O) groups is 2. The van der Waals surface area contributed by atoms with E-state index in [1.807, 2.05) is 9.80 Å². The number of urea groups is 1. The Kier molecular flexibility index (Phi) is 4.82. The largest absolute Gasteiger partial charge is 0.370 e. The van der Waals surface area contributed by atoms with Crippen LogP contribution in [0.15, 0.2) is 18.2 Å². The molecule has 5 rings (SSSR count). The third kappa shape index (κ3) is 3.55. The highest BCUT2D eigenvalue weighted by Crippen LogP contribution is 2.36. The first kappa shape index (κ1) is 19.0. The van der Waals surface area contributed by atoms with E-state index in [2.05, 4.69) is 35.3 Å². The SMILES string of the molecule is CC1CN(c2ccc(C3CN(C(=O)N4CCC5OCC(=O)N[C@@H]5C4)C3)cc2Cl)C1. The maximum Gasteiger partial charge on any atom is 0.320 e. The summed E-state index contributed by atoms with van der Waals surface area (Å²) in [6.07, 6.45) is 0.788. The summed E-state index contributed by atoms with van der Waals surface area (Å²) in [5.41, 5.74) is 2.31. The van der Waals surface area contributed by atoms with Gasteiger partial charge >= 0.3 is 6.03 Å². The van der Waals surface area contributed by atoms with Gasteiger partial charge in [0, 0.05) is 45.2 Å². The topological polar surface area (TPSA) is 65.1 Å². The monoisotopic (exact) mass is 418 g/mol. The second kappa shape index (κ2) is 7.36. The second-order valence-corrected chi connectivity index (χ2v) is 9.27. The minimum absolute atomic E-state index is 0.0240. The second-order valence-electron chi connectivity index (χ2n) is 8.86. The molecule has 1 aromatic carbocycles. The number of nitrogens with zero attached hydrogens (tertiary/aromatic N) is 3. The lowest BCUT2D eigenvalue weighted by Gasteiger charge is -2.46. The molecule has 2 atom stereocenters. The smallest absolute Gasteiger partial charge is 0.320 e. The van der Waals surface area contributed by atoms with E-state index in [0.717, 1.165) is 36.1 Å². The molecule has 7 nitrogen and oxygen atoms in total. The molecule has 4 heterocycles. The van der Waals surface area contributed by atoms with E-state index >= 15 is 0 Å². The van der Waals surface area contributed by atoms with Crippen molar-refractivity contribution in [3.63, 3.8) is 0 Å². The zero-order valence-electron chi connectivity index (χ0n) is 16.6. The van der Waals surface area contributed by atoms with Gasteiger partial charge in [0.25, 0.3) is 0 Å². The van der Waals surface area contributed by atoms with Crippen LogP contribution in [0.1, 0.15) is 24.8 Å². The first-order valence-corrected chi connectivity index (χ1v) is 10.8. The fourth-order valence-corrected chi connectivity index (χ4v) is 5.16. The molecule has 3 amide bonds. The summed E-state index contributed by atoms with van der Waals surface area (Å²) in [7, 11) is 0. The van der Waals surface area contributed by atoms with Crippen molar-refractivity contribution >= 4 is 29.2 Å². The lowest BCUT2D eigenvalue weighted by molar-refractivity contribution is -0.139. The maximum absolute atomic E-state index is 12.9. The van der Waals surface area contributed by atoms with Crippen LogP contribution in [0.3, 0.4) is 0 Å². The lowest BCUT2D eigenvalue weighted by Crippen LogP contribution is -2.63. The Morgan fingerprint density at radius 2 is 1.97 bits per heavy atom. The Morgan fingerprint density at radius 3 is 2.69 bits per heavy atom. The van der Waals surface area contributed by atoms with Gasteiger partial charge in [0.15, 0.2) is 0 Å². The van der Waals surface area contributed by atoms with Gasteiger partial charge < -0.3 is 24.8 Å². The number of likely N-dealkylation sites (tertiary alicyclic amines) is 2. The van der Waals surface area contributed by atoms with Crippen LogP contribution in [-0.4, -0.2) is 79.8 Å². The molecule has 4 aliphatic heterocycles. The summed E-state index contributed by atoms with van der Waals surface area (Å²) in [6, 6.07) is 6.28. The number of amides is 3. The number of piperidine rings is 1. The fourth-order valence-electron chi connectivity index (χ4n) is 4.85. The molecule has 29 heavy (non-hydrogen) atoms. The lowest BCUT2D eigenvalue weighted by atomic mass is 9.91. The number of fused-ring (bicyclic) bond motifs is 1. The number of anilines is 1. The van der Waals surface area contributed by atoms with Gasteiger partial charge in [-0.05, 0) is 30.0 Å². The summed E-state index contributed by atoms with van der Waals surface area (Å²) in [6.45, 7) is 7.11. The minimum atomic E-state index is -0.0995. The van der Waals surface area contributed by atoms with Crippen molar-refractivity contribution in [1.29, 1.82) is 0 Å². The summed E-state index contributed by atoms with van der Waals surface area (Å²) in [5.74, 6) is 0.962. The number of nitrogens with one attached hydrogen (secondary N) is 1. The van der Waals surface area contributed by atoms with E-state index in [4.69, 9.17) is 16.3 Å². The normalized spacial score (nSPS) is 27.8. The zero-order chi connectivity index (χ0) is 20.1. The van der Waals surface area contributed by atoms with Crippen molar-refractivity contribution in [2.45, 2.75) is 31.4 Å². The zero-order valence-corrected chi connectivity index (χ0v) is 17.4. The predicted molar refractivity (Wildman–Crippen MR) is 110 cm³/mol. The average molecular weight is 419 g/mol. The van der Waals surface area contributed by atoms with Gasteiger partial charge in [0.2, 0.25) is 5.91 Å². The standard InChI is InChI=1S/C21H27ClN4O3/c1-13-7-25(8-13)18-3-2-14(6-16(18)22)15-9-26(10-15)21(28)24-5-4-19-17(11-24)23-20(27)12-29-19/h2-3,6,13,15,17,19H,4-5,7-12H2,1H3,(H,23,27)/t17-,19?/m1/s1. The molecule has 0 aromatic heterocycles. The molecule has 1 unspecified atom stereocenters. The van der Waals surface area contributed by atoms with Crippen molar-refractivity contribution in [2.75, 3.05) is 50.8 Å². The number of carbonyl (C=O) groups excluding carboxylic acids is 2. The van der Waals surface area contributed by atoms with Crippen LogP contribution in [0.2, 0.25) is 5.02 Å². The predicted octanol–water partition coefficient (Wildman–Crippen LogP) is 1.90. The van der Waals surface area contributed by atoms with E-state index in [0.29, 0.717) is 32.1 Å². The Labute approximate surface area is 175 Å². The first-order chi connectivity index (χ1) is 14.0. The Hall–Kier alpha value is -1.99. The Morgan fingerprint density at radius 1 is 1.17 bits per heavy atom. The van der Waals surface area contributed by atoms with Crippen LogP contribution in [0.4, 0.5) is 10.5 Å². The van der Waals surface area contributed by atoms with Gasteiger partial charge in [-0.15, -0.1) is 0 Å². The molecule has 0 saturated carbocycles. The van der Waals surface area contributed by atoms with E-state index in [1.165, 1.54) is 5.56 Å². The number of rotatable bonds is 2. The van der Waals surface area contributed by atoms with Crippen LogP contribution < -0.4 is 10.2 Å². The molecule has 0 spiro atoms. The van der Waals surface area contributed by atoms with Gasteiger partial charge in [-0.3, -0.25) is 4.79 Å². The number of ether oxygens (including phenoxy) is 1. The number of hydrogen-bond acceptors (Lipinski definition) is 4. The van der Waals surface area contributed by atoms with Crippen LogP contribution in [-0.2, 0) is 9.53 Å². The van der Waals surface area contributed by atoms with Crippen molar-refractivity contribution < 1.29 is 14.3 Å². The van der Waals surface area contributed by atoms with Gasteiger partial charge in [0.05, 0.1) is 22.9 Å². The van der Waals surface area contributed by atoms with Crippen molar-refractivity contribution in [2.24, 2.45) is 5.92 Å². The van der Waals surface area contributed by atoms with Crippen molar-refractivity contribution in [3.8, 4) is 0 Å². The molecule has 0 bridgehead atoms. The molecule has 4 fully saturated rings. The van der Waals surface area contributed by atoms with Gasteiger partial charge in [-0.2, -0.15) is 0 Å². The summed E-state index contributed by atoms with van der Waals surface area (Å²) >= 11 is 6.53. The first-order valence-electron chi connectivity index (χ1n) is 10.5. The highest BCUT2D eigenvalue weighted by Gasteiger charge is 2.40. The molecule has 1 aromatic rings. The number of morpholine rings is 1. The third-order valence-corrected chi connectivity index (χ3v) is 6.90.